The first kappa shape index (κ1) is 10.5. The Balaban J connectivity index is 2.31. The van der Waals surface area contributed by atoms with Crippen molar-refractivity contribution in [2.75, 3.05) is 0 Å². The number of nitrogens with two attached hydrogens (primary N) is 1. The highest BCUT2D eigenvalue weighted by Crippen LogP contribution is 2.20. The van der Waals surface area contributed by atoms with Gasteiger partial charge in [0.25, 0.3) is 0 Å². The Kier molecular flexibility index (Phi) is 3.72. The average Bonchev–Trinajstić information content (AvgIpc) is 2.04. The van der Waals surface area contributed by atoms with Crippen LogP contribution in [0.3, 0.4) is 0 Å². The van der Waals surface area contributed by atoms with Gasteiger partial charge in [-0.15, -0.1) is 0 Å². The molecule has 0 aromatic heterocycles. The highest BCUT2D eigenvalue weighted by atomic mass is 16.5. The molecule has 0 radical (unpaired) electrons. The van der Waals surface area contributed by atoms with Crippen molar-refractivity contribution in [1.82, 2.24) is 0 Å². The molecule has 0 heterocycles. The van der Waals surface area contributed by atoms with Gasteiger partial charge in [-0.3, -0.25) is 4.79 Å². The second kappa shape index (κ2) is 4.61. The van der Waals surface area contributed by atoms with Crippen molar-refractivity contribution < 1.29 is 9.53 Å². The van der Waals surface area contributed by atoms with E-state index in [1.165, 1.54) is 0 Å². The molecule has 0 aliphatic heterocycles. The molecule has 3 nitrogen and oxygen atoms in total. The van der Waals surface area contributed by atoms with Gasteiger partial charge in [0.15, 0.2) is 0 Å². The largest absolute Gasteiger partial charge is 0.462 e. The van der Waals surface area contributed by atoms with Gasteiger partial charge < -0.3 is 10.5 Å². The first-order valence-electron chi connectivity index (χ1n) is 5.05. The molecule has 0 aromatic carbocycles. The number of esters is 1. The Bertz CT molecular complexity index is 180. The number of hydrogen-bond acceptors (Lipinski definition) is 3. The summed E-state index contributed by atoms with van der Waals surface area (Å²) in [6, 6.07) is 0.221. The molecule has 2 N–H and O–H groups in total. The van der Waals surface area contributed by atoms with Gasteiger partial charge in [-0.25, -0.2) is 0 Å². The summed E-state index contributed by atoms with van der Waals surface area (Å²) < 4.78 is 5.30. The average molecular weight is 185 g/mol. The fourth-order valence-corrected chi connectivity index (χ4v) is 1.59. The quantitative estimate of drug-likeness (QED) is 0.662. The highest BCUT2D eigenvalue weighted by molar-refractivity contribution is 5.71. The molecule has 0 spiro atoms. The highest BCUT2D eigenvalue weighted by Gasteiger charge is 2.23. The van der Waals surface area contributed by atoms with Gasteiger partial charge in [0, 0.05) is 6.04 Å². The molecule has 2 unspecified atom stereocenters. The number of rotatable bonds is 2. The summed E-state index contributed by atoms with van der Waals surface area (Å²) in [5.41, 5.74) is 5.79. The number of ether oxygens (including phenoxy) is 1. The van der Waals surface area contributed by atoms with Crippen LogP contribution in [0.2, 0.25) is 0 Å². The Morgan fingerprint density at radius 1 is 1.46 bits per heavy atom. The summed E-state index contributed by atoms with van der Waals surface area (Å²) in [6.07, 6.45) is 4.02. The molecule has 1 rings (SSSR count). The monoisotopic (exact) mass is 185 g/mol. The molecule has 1 aliphatic carbocycles. The molecule has 1 saturated carbocycles. The van der Waals surface area contributed by atoms with Crippen molar-refractivity contribution in [2.24, 2.45) is 11.7 Å². The van der Waals surface area contributed by atoms with E-state index in [4.69, 9.17) is 10.5 Å². The Morgan fingerprint density at radius 2 is 2.15 bits per heavy atom. The maximum atomic E-state index is 11.3. The van der Waals surface area contributed by atoms with Crippen molar-refractivity contribution in [3.8, 4) is 0 Å². The van der Waals surface area contributed by atoms with Gasteiger partial charge in [0.2, 0.25) is 0 Å². The summed E-state index contributed by atoms with van der Waals surface area (Å²) in [6.45, 7) is 3.70. The topological polar surface area (TPSA) is 52.3 Å². The summed E-state index contributed by atoms with van der Waals surface area (Å²) in [5, 5.41) is 0. The van der Waals surface area contributed by atoms with Crippen molar-refractivity contribution in [3.63, 3.8) is 0 Å². The molecule has 0 saturated heterocycles. The van der Waals surface area contributed by atoms with E-state index >= 15 is 0 Å². The third kappa shape index (κ3) is 3.35. The number of hydrogen-bond donors (Lipinski definition) is 1. The van der Waals surface area contributed by atoms with Gasteiger partial charge in [-0.05, 0) is 25.7 Å². The lowest BCUT2D eigenvalue weighted by molar-refractivity contribution is -0.154. The Hall–Kier alpha value is -0.570. The van der Waals surface area contributed by atoms with Crippen molar-refractivity contribution in [3.05, 3.63) is 0 Å². The van der Waals surface area contributed by atoms with Crippen molar-refractivity contribution >= 4 is 5.97 Å². The van der Waals surface area contributed by atoms with Crippen LogP contribution in [-0.4, -0.2) is 18.1 Å². The third-order valence-corrected chi connectivity index (χ3v) is 2.42. The van der Waals surface area contributed by atoms with Crippen LogP contribution in [0.5, 0.6) is 0 Å². The maximum absolute atomic E-state index is 11.3. The van der Waals surface area contributed by atoms with Gasteiger partial charge in [-0.1, -0.05) is 13.8 Å². The number of carbonyl (C=O) groups is 1. The second-order valence-electron chi connectivity index (χ2n) is 4.14. The van der Waals surface area contributed by atoms with E-state index in [1.54, 1.807) is 0 Å². The van der Waals surface area contributed by atoms with Crippen LogP contribution < -0.4 is 5.73 Å². The van der Waals surface area contributed by atoms with Crippen LogP contribution >= 0.6 is 0 Å². The first-order chi connectivity index (χ1) is 6.09. The third-order valence-electron chi connectivity index (χ3n) is 2.42. The van der Waals surface area contributed by atoms with E-state index < -0.39 is 0 Å². The van der Waals surface area contributed by atoms with Gasteiger partial charge in [0.05, 0.1) is 5.92 Å². The maximum Gasteiger partial charge on any atom is 0.308 e. The lowest BCUT2D eigenvalue weighted by Crippen LogP contribution is -2.34. The second-order valence-corrected chi connectivity index (χ2v) is 4.14. The van der Waals surface area contributed by atoms with E-state index in [0.717, 1.165) is 25.7 Å². The Labute approximate surface area is 79.6 Å². The van der Waals surface area contributed by atoms with E-state index in [0.29, 0.717) is 0 Å². The standard InChI is InChI=1S/C10H19NO2/c1-7(2)10(12)13-9-5-3-4-8(11)6-9/h7-9H,3-6,11H2,1-2H3. The zero-order chi connectivity index (χ0) is 9.84. The van der Waals surface area contributed by atoms with Crippen LogP contribution in [0.4, 0.5) is 0 Å². The van der Waals surface area contributed by atoms with Crippen LogP contribution in [0.25, 0.3) is 0 Å². The fraction of sp³-hybridized carbons (Fsp3) is 0.900. The van der Waals surface area contributed by atoms with Crippen molar-refractivity contribution in [1.29, 1.82) is 0 Å². The van der Waals surface area contributed by atoms with Crippen LogP contribution in [-0.2, 0) is 9.53 Å². The molecular weight excluding hydrogens is 166 g/mol. The molecule has 76 valence electrons. The molecule has 1 aliphatic rings. The molecule has 0 amide bonds. The van der Waals surface area contributed by atoms with Crippen LogP contribution in [0, 0.1) is 5.92 Å². The van der Waals surface area contributed by atoms with E-state index in [1.807, 2.05) is 13.8 Å². The lowest BCUT2D eigenvalue weighted by atomic mass is 9.93. The molecule has 2 atom stereocenters. The molecule has 0 aromatic rings. The van der Waals surface area contributed by atoms with E-state index in [2.05, 4.69) is 0 Å². The predicted molar refractivity (Wildman–Crippen MR) is 51.2 cm³/mol. The zero-order valence-electron chi connectivity index (χ0n) is 8.45. The minimum Gasteiger partial charge on any atom is -0.462 e. The summed E-state index contributed by atoms with van der Waals surface area (Å²) in [5.74, 6) is -0.128. The number of carbonyl (C=O) groups excluding carboxylic acids is 1. The van der Waals surface area contributed by atoms with Crippen LogP contribution in [0.1, 0.15) is 39.5 Å². The van der Waals surface area contributed by atoms with E-state index in [9.17, 15) is 4.79 Å². The van der Waals surface area contributed by atoms with Gasteiger partial charge in [0.1, 0.15) is 6.10 Å². The van der Waals surface area contributed by atoms with Gasteiger partial charge >= 0.3 is 5.97 Å². The molecule has 1 fully saturated rings. The molecule has 0 bridgehead atoms. The molecule has 13 heavy (non-hydrogen) atoms. The van der Waals surface area contributed by atoms with Crippen LogP contribution in [0.15, 0.2) is 0 Å². The van der Waals surface area contributed by atoms with E-state index in [-0.39, 0.29) is 24.0 Å². The molecule has 3 heteroatoms. The first-order valence-corrected chi connectivity index (χ1v) is 5.05. The lowest BCUT2D eigenvalue weighted by Gasteiger charge is -2.26. The smallest absolute Gasteiger partial charge is 0.308 e. The minimum absolute atomic E-state index is 0.0295. The minimum atomic E-state index is -0.0981. The molecular formula is C10H19NO2. The normalized spacial score (nSPS) is 28.9. The van der Waals surface area contributed by atoms with Gasteiger partial charge in [-0.2, -0.15) is 0 Å². The Morgan fingerprint density at radius 3 is 2.69 bits per heavy atom. The predicted octanol–water partition coefficient (Wildman–Crippen LogP) is 1.46. The summed E-state index contributed by atoms with van der Waals surface area (Å²) >= 11 is 0. The van der Waals surface area contributed by atoms with Crippen molar-refractivity contribution in [2.45, 2.75) is 51.7 Å². The summed E-state index contributed by atoms with van der Waals surface area (Å²) in [4.78, 5) is 11.3. The zero-order valence-corrected chi connectivity index (χ0v) is 8.45. The summed E-state index contributed by atoms with van der Waals surface area (Å²) in [7, 11) is 0. The fourth-order valence-electron chi connectivity index (χ4n) is 1.59. The SMILES string of the molecule is CC(C)C(=O)OC1CCCC(N)C1.